The molecule has 0 unspecified atom stereocenters. The summed E-state index contributed by atoms with van der Waals surface area (Å²) in [6, 6.07) is 31.8. The van der Waals surface area contributed by atoms with Crippen molar-refractivity contribution in [3.63, 3.8) is 0 Å². The number of anilines is 1. The molecule has 0 atom stereocenters. The van der Waals surface area contributed by atoms with Gasteiger partial charge in [0, 0.05) is 71.4 Å². The normalized spacial score (nSPS) is 14.7. The van der Waals surface area contributed by atoms with E-state index in [-0.39, 0.29) is 0 Å². The second-order valence-electron chi connectivity index (χ2n) is 13.8. The Morgan fingerprint density at radius 3 is 2.15 bits per heavy atom. The van der Waals surface area contributed by atoms with Crippen molar-refractivity contribution >= 4 is 27.5 Å². The van der Waals surface area contributed by atoms with Crippen LogP contribution in [-0.2, 0) is 0 Å². The molecule has 5 heteroatoms. The number of rotatable bonds is 8. The Bertz CT molecular complexity index is 2220. The largest absolute Gasteiger partial charge is 0.457 e. The Hall–Kier alpha value is -5.03. The van der Waals surface area contributed by atoms with E-state index < -0.39 is 6.98 Å². The molecular weight excluding hydrogens is 589 g/mol. The zero-order chi connectivity index (χ0) is 36.0. The van der Waals surface area contributed by atoms with Crippen molar-refractivity contribution in [1.82, 2.24) is 14.5 Å². The fraction of sp³-hybridized carbons (Fsp3) is 0.279. The van der Waals surface area contributed by atoms with E-state index in [4.69, 9.17) is 13.8 Å². The van der Waals surface area contributed by atoms with Gasteiger partial charge in [-0.05, 0) is 88.0 Å². The van der Waals surface area contributed by atoms with E-state index in [2.05, 4.69) is 107 Å². The van der Waals surface area contributed by atoms with Gasteiger partial charge in [0.2, 0.25) is 0 Å². The lowest BCUT2D eigenvalue weighted by Crippen LogP contribution is -2.32. The summed E-state index contributed by atoms with van der Waals surface area (Å²) in [5, 5.41) is 2.28. The number of pyridine rings is 1. The molecule has 6 aromatic rings. The van der Waals surface area contributed by atoms with E-state index >= 15 is 0 Å². The molecule has 0 bridgehead atoms. The molecule has 7 rings (SSSR count). The van der Waals surface area contributed by atoms with Gasteiger partial charge in [-0.1, -0.05) is 77.9 Å². The average molecular weight is 638 g/mol. The molecule has 0 saturated heterocycles. The topological polar surface area (TPSA) is 33.5 Å². The van der Waals surface area contributed by atoms with Crippen LogP contribution in [0.25, 0.3) is 38.8 Å². The summed E-state index contributed by atoms with van der Waals surface area (Å²) in [4.78, 5) is 8.40. The first-order valence-corrected chi connectivity index (χ1v) is 17.1. The van der Waals surface area contributed by atoms with Gasteiger partial charge < -0.3 is 14.5 Å². The van der Waals surface area contributed by atoms with Crippen LogP contribution in [0.2, 0.25) is 0 Å². The maximum absolute atomic E-state index is 7.70. The van der Waals surface area contributed by atoms with Crippen molar-refractivity contribution in [2.45, 2.75) is 59.3 Å². The minimum Gasteiger partial charge on any atom is -0.457 e. The third kappa shape index (κ3) is 5.94. The number of ether oxygens (including phenoxy) is 1. The van der Waals surface area contributed by atoms with Gasteiger partial charge in [0.05, 0.1) is 11.0 Å². The SMILES string of the molecule is [2H]C([2H])([2H])N1C=CN(c2cccc(Oc3ccc4c5ccccc5n(-c5cc(-c6c(C(C)C)cc(C(C)C)cc6C(C)C)ccn5)c4c3)c2)CC1. The molecule has 0 amide bonds. The van der Waals surface area contributed by atoms with Gasteiger partial charge in [-0.2, -0.15) is 0 Å². The predicted octanol–water partition coefficient (Wildman–Crippen LogP) is 11.2. The van der Waals surface area contributed by atoms with Gasteiger partial charge in [-0.3, -0.25) is 4.57 Å². The van der Waals surface area contributed by atoms with Gasteiger partial charge in [-0.25, -0.2) is 4.98 Å². The van der Waals surface area contributed by atoms with Crippen LogP contribution in [-0.4, -0.2) is 34.5 Å². The Morgan fingerprint density at radius 1 is 0.688 bits per heavy atom. The highest BCUT2D eigenvalue weighted by Gasteiger charge is 2.21. The highest BCUT2D eigenvalue weighted by Crippen LogP contribution is 2.41. The van der Waals surface area contributed by atoms with E-state index in [1.165, 1.54) is 32.7 Å². The molecule has 0 saturated carbocycles. The van der Waals surface area contributed by atoms with Gasteiger partial charge in [0.25, 0.3) is 0 Å². The molecule has 1 aliphatic rings. The van der Waals surface area contributed by atoms with Crippen LogP contribution in [0, 0.1) is 0 Å². The van der Waals surface area contributed by atoms with Gasteiger partial charge >= 0.3 is 0 Å². The minimum absolute atomic E-state index is 0.370. The highest BCUT2D eigenvalue weighted by molar-refractivity contribution is 6.09. The van der Waals surface area contributed by atoms with Crippen molar-refractivity contribution in [2.75, 3.05) is 25.0 Å². The zero-order valence-corrected chi connectivity index (χ0v) is 28.7. The predicted molar refractivity (Wildman–Crippen MR) is 202 cm³/mol. The number of para-hydroxylation sites is 1. The second-order valence-corrected chi connectivity index (χ2v) is 13.8. The van der Waals surface area contributed by atoms with E-state index in [0.29, 0.717) is 36.6 Å². The van der Waals surface area contributed by atoms with Crippen LogP contribution < -0.4 is 9.64 Å². The molecule has 0 aliphatic carbocycles. The number of nitrogens with zero attached hydrogens (tertiary/aromatic N) is 4. The zero-order valence-electron chi connectivity index (χ0n) is 31.7. The van der Waals surface area contributed by atoms with Crippen molar-refractivity contribution in [1.29, 1.82) is 0 Å². The molecule has 0 radical (unpaired) electrons. The highest BCUT2D eigenvalue weighted by atomic mass is 16.5. The molecule has 4 aromatic carbocycles. The third-order valence-electron chi connectivity index (χ3n) is 9.43. The summed E-state index contributed by atoms with van der Waals surface area (Å²) in [6.45, 7) is 12.5. The Balaban J connectivity index is 1.30. The van der Waals surface area contributed by atoms with Gasteiger partial charge in [-0.15, -0.1) is 0 Å². The molecule has 0 spiro atoms. The van der Waals surface area contributed by atoms with Crippen molar-refractivity contribution in [2.24, 2.45) is 0 Å². The standard InChI is InChI=1S/C43H46N4O/c1-28(2)32-23-38(29(3)4)43(39(24-32)30(5)6)31-17-18-44-42(25-31)47-40-14-9-8-13-36(40)37-16-15-35(27-41(37)47)48-34-12-10-11-33(26-34)46-21-19-45(7)20-22-46/h8-19,21,23-30H,20,22H2,1-7H3/i7D3. The lowest BCUT2D eigenvalue weighted by atomic mass is 9.82. The Labute approximate surface area is 289 Å². The lowest BCUT2D eigenvalue weighted by molar-refractivity contribution is 0.446. The maximum Gasteiger partial charge on any atom is 0.138 e. The van der Waals surface area contributed by atoms with Crippen molar-refractivity contribution < 1.29 is 8.85 Å². The molecule has 3 heterocycles. The molecule has 2 aromatic heterocycles. The monoisotopic (exact) mass is 637 g/mol. The summed E-state index contributed by atoms with van der Waals surface area (Å²) < 4.78 is 31.9. The van der Waals surface area contributed by atoms with Crippen molar-refractivity contribution in [3.8, 4) is 28.4 Å². The molecule has 5 nitrogen and oxygen atoms in total. The molecular formula is C43H46N4O. The van der Waals surface area contributed by atoms with E-state index in [1.54, 1.807) is 6.20 Å². The number of fused-ring (bicyclic) bond motifs is 3. The molecule has 1 aliphatic heterocycles. The van der Waals surface area contributed by atoms with E-state index in [0.717, 1.165) is 39.1 Å². The minimum atomic E-state index is -2.14. The fourth-order valence-corrected chi connectivity index (χ4v) is 6.85. The quantitative estimate of drug-likeness (QED) is 0.166. The van der Waals surface area contributed by atoms with Crippen LogP contribution in [0.5, 0.6) is 11.5 Å². The Morgan fingerprint density at radius 2 is 1.44 bits per heavy atom. The van der Waals surface area contributed by atoms with Crippen LogP contribution in [0.3, 0.4) is 0 Å². The van der Waals surface area contributed by atoms with E-state index in [9.17, 15) is 0 Å². The van der Waals surface area contributed by atoms with Gasteiger partial charge in [0.15, 0.2) is 0 Å². The Kier molecular flexibility index (Phi) is 7.52. The summed E-state index contributed by atoms with van der Waals surface area (Å²) in [5.41, 5.74) is 9.65. The second kappa shape index (κ2) is 12.9. The molecule has 48 heavy (non-hydrogen) atoms. The molecule has 0 fully saturated rings. The smallest absolute Gasteiger partial charge is 0.138 e. The number of benzene rings is 4. The van der Waals surface area contributed by atoms with E-state index in [1.807, 2.05) is 47.6 Å². The van der Waals surface area contributed by atoms with Crippen LogP contribution in [0.4, 0.5) is 5.69 Å². The average Bonchev–Trinajstić information content (AvgIpc) is 3.44. The van der Waals surface area contributed by atoms with Crippen LogP contribution >= 0.6 is 0 Å². The summed E-state index contributed by atoms with van der Waals surface area (Å²) in [7, 11) is 0. The maximum atomic E-state index is 7.70. The molecule has 0 N–H and O–H groups in total. The number of aromatic nitrogens is 2. The number of hydrogen-bond acceptors (Lipinski definition) is 4. The van der Waals surface area contributed by atoms with Crippen LogP contribution in [0.15, 0.2) is 110 Å². The number of likely N-dealkylation sites (N-methyl/N-ethyl adjacent to an activating group) is 1. The fourth-order valence-electron chi connectivity index (χ4n) is 6.85. The first-order valence-electron chi connectivity index (χ1n) is 18.6. The van der Waals surface area contributed by atoms with Crippen molar-refractivity contribution in [3.05, 3.63) is 126 Å². The first-order chi connectivity index (χ1) is 24.4. The summed E-state index contributed by atoms with van der Waals surface area (Å²) >= 11 is 0. The summed E-state index contributed by atoms with van der Waals surface area (Å²) in [5.74, 6) is 3.47. The summed E-state index contributed by atoms with van der Waals surface area (Å²) in [6.07, 6.45) is 5.38. The lowest BCUT2D eigenvalue weighted by Gasteiger charge is -2.29. The third-order valence-corrected chi connectivity index (χ3v) is 9.43. The molecule has 244 valence electrons. The van der Waals surface area contributed by atoms with Gasteiger partial charge in [0.1, 0.15) is 17.3 Å². The first kappa shape index (κ1) is 28.0. The number of hydrogen-bond donors (Lipinski definition) is 0. The van der Waals surface area contributed by atoms with Crippen LogP contribution in [0.1, 0.15) is 80.1 Å².